The Morgan fingerprint density at radius 1 is 1.43 bits per heavy atom. The monoisotopic (exact) mass is 375 g/mol. The Hall–Kier alpha value is -2.28. The molecular formula is C16H14BrN3O3. The van der Waals surface area contributed by atoms with Crippen LogP contribution < -0.4 is 4.74 Å². The maximum Gasteiger partial charge on any atom is 0.289 e. The van der Waals surface area contributed by atoms with Crippen LogP contribution >= 0.6 is 15.9 Å². The molecule has 1 saturated heterocycles. The molecule has 2 aromatic heterocycles. The van der Waals surface area contributed by atoms with Crippen molar-refractivity contribution in [3.63, 3.8) is 0 Å². The quantitative estimate of drug-likeness (QED) is 0.705. The van der Waals surface area contributed by atoms with Gasteiger partial charge in [-0.3, -0.25) is 9.48 Å². The van der Waals surface area contributed by atoms with Gasteiger partial charge in [0, 0.05) is 24.7 Å². The lowest BCUT2D eigenvalue weighted by Gasteiger charge is -2.38. The molecule has 1 aliphatic heterocycles. The Balaban J connectivity index is 1.52. The van der Waals surface area contributed by atoms with Crippen molar-refractivity contribution >= 4 is 32.8 Å². The Morgan fingerprint density at radius 2 is 2.26 bits per heavy atom. The van der Waals surface area contributed by atoms with Crippen molar-refractivity contribution in [2.75, 3.05) is 20.2 Å². The summed E-state index contributed by atoms with van der Waals surface area (Å²) in [4.78, 5) is 14.3. The van der Waals surface area contributed by atoms with Gasteiger partial charge in [0.25, 0.3) is 5.91 Å². The summed E-state index contributed by atoms with van der Waals surface area (Å²) in [6, 6.07) is 7.57. The predicted octanol–water partition coefficient (Wildman–Crippen LogP) is 3.10. The summed E-state index contributed by atoms with van der Waals surface area (Å²) in [6.45, 7) is 1.25. The highest BCUT2D eigenvalue weighted by Gasteiger charge is 2.34. The molecule has 118 valence electrons. The highest BCUT2D eigenvalue weighted by molar-refractivity contribution is 9.10. The molecule has 0 N–H and O–H groups in total. The summed E-state index contributed by atoms with van der Waals surface area (Å²) in [5.74, 6) is 0.861. The van der Waals surface area contributed by atoms with Gasteiger partial charge < -0.3 is 14.1 Å². The SMILES string of the molecule is COc1cccc2cc(C(=O)N3CC(n4cc(Br)cn4)C3)oc12. The highest BCUT2D eigenvalue weighted by Crippen LogP contribution is 2.30. The first-order valence-corrected chi connectivity index (χ1v) is 8.00. The molecule has 0 aliphatic carbocycles. The first kappa shape index (κ1) is 14.3. The van der Waals surface area contributed by atoms with E-state index in [1.807, 2.05) is 29.1 Å². The number of fused-ring (bicyclic) bond motifs is 1. The number of para-hydroxylation sites is 1. The van der Waals surface area contributed by atoms with Crippen molar-refractivity contribution in [2.24, 2.45) is 0 Å². The molecule has 0 spiro atoms. The van der Waals surface area contributed by atoms with Crippen LogP contribution in [0.4, 0.5) is 0 Å². The van der Waals surface area contributed by atoms with Crippen LogP contribution in [0.5, 0.6) is 5.75 Å². The Labute approximate surface area is 140 Å². The summed E-state index contributed by atoms with van der Waals surface area (Å²) >= 11 is 3.38. The van der Waals surface area contributed by atoms with Crippen molar-refractivity contribution in [3.8, 4) is 5.75 Å². The Morgan fingerprint density at radius 3 is 2.96 bits per heavy atom. The van der Waals surface area contributed by atoms with Gasteiger partial charge in [-0.05, 0) is 28.1 Å². The summed E-state index contributed by atoms with van der Waals surface area (Å²) < 4.78 is 13.8. The number of aromatic nitrogens is 2. The fourth-order valence-electron chi connectivity index (χ4n) is 2.76. The minimum Gasteiger partial charge on any atom is -0.493 e. The van der Waals surface area contributed by atoms with Gasteiger partial charge in [-0.1, -0.05) is 12.1 Å². The molecule has 0 radical (unpaired) electrons. The lowest BCUT2D eigenvalue weighted by atomic mass is 10.1. The van der Waals surface area contributed by atoms with Crippen molar-refractivity contribution in [1.29, 1.82) is 0 Å². The van der Waals surface area contributed by atoms with E-state index < -0.39 is 0 Å². The third kappa shape index (κ3) is 2.41. The first-order chi connectivity index (χ1) is 11.2. The second-order valence-corrected chi connectivity index (χ2v) is 6.41. The molecule has 1 fully saturated rings. The third-order valence-electron chi connectivity index (χ3n) is 4.03. The molecule has 7 heteroatoms. The molecule has 6 nitrogen and oxygen atoms in total. The lowest BCUT2D eigenvalue weighted by Crippen LogP contribution is -2.50. The number of carbonyl (C=O) groups excluding carboxylic acids is 1. The molecule has 3 aromatic rings. The lowest BCUT2D eigenvalue weighted by molar-refractivity contribution is 0.0472. The van der Waals surface area contributed by atoms with Crippen LogP contribution in [-0.2, 0) is 0 Å². The van der Waals surface area contributed by atoms with Crippen molar-refractivity contribution in [2.45, 2.75) is 6.04 Å². The number of methoxy groups -OCH3 is 1. The number of benzene rings is 1. The smallest absolute Gasteiger partial charge is 0.289 e. The second-order valence-electron chi connectivity index (χ2n) is 5.49. The number of hydrogen-bond donors (Lipinski definition) is 0. The van der Waals surface area contributed by atoms with Crippen molar-refractivity contribution in [3.05, 3.63) is 46.9 Å². The molecule has 1 aromatic carbocycles. The zero-order valence-corrected chi connectivity index (χ0v) is 14.0. The van der Waals surface area contributed by atoms with E-state index in [4.69, 9.17) is 9.15 Å². The van der Waals surface area contributed by atoms with Gasteiger partial charge in [-0.25, -0.2) is 0 Å². The van der Waals surface area contributed by atoms with Gasteiger partial charge in [0.15, 0.2) is 17.1 Å². The van der Waals surface area contributed by atoms with Crippen LogP contribution in [0.15, 0.2) is 45.5 Å². The molecule has 23 heavy (non-hydrogen) atoms. The summed E-state index contributed by atoms with van der Waals surface area (Å²) in [7, 11) is 1.58. The molecule has 0 saturated carbocycles. The van der Waals surface area contributed by atoms with Crippen LogP contribution in [0.25, 0.3) is 11.0 Å². The Bertz CT molecular complexity index is 880. The second kappa shape index (κ2) is 5.42. The van der Waals surface area contributed by atoms with Crippen molar-refractivity contribution < 1.29 is 13.9 Å². The molecular weight excluding hydrogens is 362 g/mol. The van der Waals surface area contributed by atoms with Gasteiger partial charge in [-0.15, -0.1) is 0 Å². The summed E-state index contributed by atoms with van der Waals surface area (Å²) in [5.41, 5.74) is 0.603. The average Bonchev–Trinajstić information content (AvgIpc) is 3.11. The van der Waals surface area contributed by atoms with E-state index in [1.54, 1.807) is 24.3 Å². The number of nitrogens with zero attached hydrogens (tertiary/aromatic N) is 3. The number of likely N-dealkylation sites (tertiary alicyclic amines) is 1. The summed E-state index contributed by atoms with van der Waals surface area (Å²) in [6.07, 6.45) is 3.66. The van der Waals surface area contributed by atoms with E-state index in [2.05, 4.69) is 21.0 Å². The molecule has 3 heterocycles. The van der Waals surface area contributed by atoms with E-state index >= 15 is 0 Å². The molecule has 0 unspecified atom stereocenters. The van der Waals surface area contributed by atoms with Gasteiger partial charge >= 0.3 is 0 Å². The summed E-state index contributed by atoms with van der Waals surface area (Å²) in [5, 5.41) is 5.12. The minimum absolute atomic E-state index is 0.106. The average molecular weight is 376 g/mol. The highest BCUT2D eigenvalue weighted by atomic mass is 79.9. The van der Waals surface area contributed by atoms with E-state index in [9.17, 15) is 4.79 Å². The number of furan rings is 1. The largest absolute Gasteiger partial charge is 0.493 e. The molecule has 0 atom stereocenters. The Kier molecular flexibility index (Phi) is 3.37. The normalized spacial score (nSPS) is 15.0. The predicted molar refractivity (Wildman–Crippen MR) is 87.6 cm³/mol. The third-order valence-corrected chi connectivity index (χ3v) is 4.44. The molecule has 0 bridgehead atoms. The molecule has 1 amide bonds. The van der Waals surface area contributed by atoms with Gasteiger partial charge in [0.1, 0.15) is 0 Å². The van der Waals surface area contributed by atoms with Crippen molar-refractivity contribution in [1.82, 2.24) is 14.7 Å². The maximum atomic E-state index is 12.5. The minimum atomic E-state index is -0.106. The van der Waals surface area contributed by atoms with Gasteiger partial charge in [-0.2, -0.15) is 5.10 Å². The van der Waals surface area contributed by atoms with Gasteiger partial charge in [0.2, 0.25) is 0 Å². The van der Waals surface area contributed by atoms with Crippen LogP contribution in [0.2, 0.25) is 0 Å². The number of halogens is 1. The maximum absolute atomic E-state index is 12.5. The zero-order chi connectivity index (χ0) is 16.0. The number of rotatable bonds is 3. The van der Waals surface area contributed by atoms with Crippen LogP contribution in [0.1, 0.15) is 16.6 Å². The van der Waals surface area contributed by atoms with E-state index in [1.165, 1.54) is 0 Å². The van der Waals surface area contributed by atoms with E-state index in [0.29, 0.717) is 30.2 Å². The van der Waals surface area contributed by atoms with E-state index in [0.717, 1.165) is 9.86 Å². The number of hydrogen-bond acceptors (Lipinski definition) is 4. The van der Waals surface area contributed by atoms with Crippen LogP contribution in [0, 0.1) is 0 Å². The number of ether oxygens (including phenoxy) is 1. The fraction of sp³-hybridized carbons (Fsp3) is 0.250. The fourth-order valence-corrected chi connectivity index (χ4v) is 3.06. The zero-order valence-electron chi connectivity index (χ0n) is 12.4. The van der Waals surface area contributed by atoms with Crippen LogP contribution in [-0.4, -0.2) is 40.8 Å². The number of amides is 1. The van der Waals surface area contributed by atoms with E-state index in [-0.39, 0.29) is 11.9 Å². The molecule has 1 aliphatic rings. The number of carbonyl (C=O) groups is 1. The van der Waals surface area contributed by atoms with Crippen LogP contribution in [0.3, 0.4) is 0 Å². The topological polar surface area (TPSA) is 60.5 Å². The van der Waals surface area contributed by atoms with Gasteiger partial charge in [0.05, 0.1) is 23.8 Å². The first-order valence-electron chi connectivity index (χ1n) is 7.21. The standard InChI is InChI=1S/C16H14BrN3O3/c1-22-13-4-2-3-10-5-14(23-15(10)13)16(21)19-8-12(9-19)20-7-11(17)6-18-20/h2-7,12H,8-9H2,1H3. The molecule has 4 rings (SSSR count).